The first-order valence-electron chi connectivity index (χ1n) is 9.12. The lowest BCUT2D eigenvalue weighted by molar-refractivity contribution is 0.618. The summed E-state index contributed by atoms with van der Waals surface area (Å²) in [6, 6.07) is 32.3. The molecule has 0 amide bonds. The minimum Gasteiger partial charge on any atom is -0.366 e. The van der Waals surface area contributed by atoms with E-state index in [4.69, 9.17) is 0 Å². The van der Waals surface area contributed by atoms with Crippen LogP contribution >= 0.6 is 35.7 Å². The number of aliphatic imine (C=N–C) groups is 1. The molecule has 0 N–H and O–H groups in total. The largest absolute Gasteiger partial charge is 0.366 e. The molecule has 0 unspecified atom stereocenters. The summed E-state index contributed by atoms with van der Waals surface area (Å²) in [6.07, 6.45) is 0. The van der Waals surface area contributed by atoms with Crippen molar-refractivity contribution in [1.82, 2.24) is 4.90 Å². The molecule has 0 spiro atoms. The molecule has 0 radical (unpaired) electrons. The van der Waals surface area contributed by atoms with E-state index in [1.165, 1.54) is 16.7 Å². The van der Waals surface area contributed by atoms with Gasteiger partial charge in [-0.2, -0.15) is 0 Å². The van der Waals surface area contributed by atoms with Gasteiger partial charge in [0.1, 0.15) is 5.84 Å². The van der Waals surface area contributed by atoms with Crippen LogP contribution in [0.4, 0.5) is 0 Å². The predicted octanol–water partition coefficient (Wildman–Crippen LogP) is 5.92. The van der Waals surface area contributed by atoms with Crippen molar-refractivity contribution in [2.75, 3.05) is 26.9 Å². The third kappa shape index (κ3) is 4.78. The predicted molar refractivity (Wildman–Crippen MR) is 134 cm³/mol. The summed E-state index contributed by atoms with van der Waals surface area (Å²) in [5, 5.41) is 0. The number of thioether (sulfide) groups is 1. The van der Waals surface area contributed by atoms with Gasteiger partial charge in [-0.15, -0.1) is 35.7 Å². The summed E-state index contributed by atoms with van der Waals surface area (Å²) in [7, 11) is 5.97. The third-order valence-corrected chi connectivity index (χ3v) is 6.28. The second-order valence-corrected chi connectivity index (χ2v) is 7.79. The molecule has 0 saturated carbocycles. The number of hydrogen-bond acceptors (Lipinski definition) is 2. The highest BCUT2D eigenvalue weighted by Gasteiger charge is 2.37. The van der Waals surface area contributed by atoms with Gasteiger partial charge < -0.3 is 4.90 Å². The molecule has 0 saturated heterocycles. The molecular weight excluding hydrogens is 475 g/mol. The van der Waals surface area contributed by atoms with E-state index in [9.17, 15) is 0 Å². The number of halogens is 1. The molecule has 3 aromatic carbocycles. The summed E-state index contributed by atoms with van der Waals surface area (Å²) >= 11 is 1.92. The Bertz CT molecular complexity index is 768. The van der Waals surface area contributed by atoms with E-state index in [2.05, 4.69) is 115 Å². The maximum Gasteiger partial charge on any atom is 0.108 e. The topological polar surface area (TPSA) is 15.6 Å². The Hall–Kier alpha value is -1.79. The molecule has 3 rings (SSSR count). The summed E-state index contributed by atoms with van der Waals surface area (Å²) in [5.74, 6) is 1.90. The summed E-state index contributed by atoms with van der Waals surface area (Å²) in [4.78, 5) is 6.59. The SMILES string of the molecule is CN=C(CSC(c1ccccc1)(c1ccccc1)c1ccccc1)N(C)C.I. The van der Waals surface area contributed by atoms with Crippen LogP contribution in [0.3, 0.4) is 0 Å². The fourth-order valence-corrected chi connectivity index (χ4v) is 4.98. The van der Waals surface area contributed by atoms with Gasteiger partial charge in [0.15, 0.2) is 0 Å². The van der Waals surface area contributed by atoms with E-state index in [1.807, 2.05) is 18.8 Å². The Morgan fingerprint density at radius 3 is 1.39 bits per heavy atom. The van der Waals surface area contributed by atoms with Gasteiger partial charge in [-0.1, -0.05) is 91.0 Å². The first-order chi connectivity index (χ1) is 13.2. The zero-order valence-corrected chi connectivity index (χ0v) is 19.7. The van der Waals surface area contributed by atoms with Crippen molar-refractivity contribution in [3.8, 4) is 0 Å². The molecule has 0 aliphatic rings. The Morgan fingerprint density at radius 2 is 1.11 bits per heavy atom. The molecule has 3 aromatic rings. The fraction of sp³-hybridized carbons (Fsp3) is 0.208. The molecule has 4 heteroatoms. The summed E-state index contributed by atoms with van der Waals surface area (Å²) in [5.41, 5.74) is 3.84. The van der Waals surface area contributed by atoms with E-state index < -0.39 is 0 Å². The molecule has 0 aromatic heterocycles. The number of amidine groups is 1. The normalized spacial score (nSPS) is 11.6. The van der Waals surface area contributed by atoms with Crippen molar-refractivity contribution in [3.05, 3.63) is 108 Å². The Kier molecular flexibility index (Phi) is 8.58. The lowest BCUT2D eigenvalue weighted by atomic mass is 9.84. The maximum absolute atomic E-state index is 4.49. The van der Waals surface area contributed by atoms with Gasteiger partial charge in [-0.3, -0.25) is 4.99 Å². The van der Waals surface area contributed by atoms with Crippen LogP contribution in [-0.4, -0.2) is 37.6 Å². The number of nitrogens with zero attached hydrogens (tertiary/aromatic N) is 2. The highest BCUT2D eigenvalue weighted by molar-refractivity contribution is 14.0. The van der Waals surface area contributed by atoms with Gasteiger partial charge in [0.25, 0.3) is 0 Å². The van der Waals surface area contributed by atoms with Crippen molar-refractivity contribution < 1.29 is 0 Å². The van der Waals surface area contributed by atoms with Gasteiger partial charge in [-0.25, -0.2) is 0 Å². The first-order valence-corrected chi connectivity index (χ1v) is 10.1. The zero-order valence-electron chi connectivity index (χ0n) is 16.6. The van der Waals surface area contributed by atoms with Gasteiger partial charge in [0.2, 0.25) is 0 Å². The second kappa shape index (κ2) is 10.7. The molecule has 0 bridgehead atoms. The van der Waals surface area contributed by atoms with E-state index in [0.717, 1.165) is 11.6 Å². The monoisotopic (exact) mass is 502 g/mol. The number of hydrogen-bond donors (Lipinski definition) is 0. The standard InChI is InChI=1S/C24H26N2S.HI/c1-25-23(26(2)3)19-27-24(20-13-7-4-8-14-20,21-15-9-5-10-16-21)22-17-11-6-12-18-22;/h4-18H,19H2,1-3H3;1H. The molecule has 2 nitrogen and oxygen atoms in total. The average molecular weight is 502 g/mol. The molecular formula is C24H27IN2S. The van der Waals surface area contributed by atoms with Crippen LogP contribution < -0.4 is 0 Å². The maximum atomic E-state index is 4.49. The van der Waals surface area contributed by atoms with Crippen molar-refractivity contribution in [2.24, 2.45) is 4.99 Å². The van der Waals surface area contributed by atoms with E-state index in [0.29, 0.717) is 0 Å². The Balaban J connectivity index is 0.00000280. The van der Waals surface area contributed by atoms with E-state index in [-0.39, 0.29) is 28.7 Å². The second-order valence-electron chi connectivity index (χ2n) is 6.60. The Labute approximate surface area is 190 Å². The first kappa shape index (κ1) is 22.5. The van der Waals surface area contributed by atoms with Crippen LogP contribution in [0.5, 0.6) is 0 Å². The van der Waals surface area contributed by atoms with Gasteiger partial charge >= 0.3 is 0 Å². The van der Waals surface area contributed by atoms with Crippen LogP contribution in [0.25, 0.3) is 0 Å². The van der Waals surface area contributed by atoms with E-state index in [1.54, 1.807) is 0 Å². The molecule has 0 atom stereocenters. The van der Waals surface area contributed by atoms with Crippen LogP contribution in [0.2, 0.25) is 0 Å². The molecule has 0 heterocycles. The fourth-order valence-electron chi connectivity index (χ4n) is 3.34. The van der Waals surface area contributed by atoms with Gasteiger partial charge in [0, 0.05) is 21.1 Å². The minimum absolute atomic E-state index is 0. The van der Waals surface area contributed by atoms with Crippen LogP contribution in [0.1, 0.15) is 16.7 Å². The smallest absolute Gasteiger partial charge is 0.108 e. The lowest BCUT2D eigenvalue weighted by Gasteiger charge is -2.36. The number of benzene rings is 3. The van der Waals surface area contributed by atoms with Crippen LogP contribution in [0, 0.1) is 0 Å². The van der Waals surface area contributed by atoms with Crippen molar-refractivity contribution in [1.29, 1.82) is 0 Å². The zero-order chi connectivity index (χ0) is 19.1. The van der Waals surface area contributed by atoms with E-state index >= 15 is 0 Å². The molecule has 0 fully saturated rings. The van der Waals surface area contributed by atoms with Crippen molar-refractivity contribution in [2.45, 2.75) is 4.75 Å². The average Bonchev–Trinajstić information content (AvgIpc) is 2.73. The van der Waals surface area contributed by atoms with Crippen LogP contribution in [0.15, 0.2) is 96.0 Å². The van der Waals surface area contributed by atoms with Gasteiger partial charge in [-0.05, 0) is 16.7 Å². The quantitative estimate of drug-likeness (QED) is 0.180. The lowest BCUT2D eigenvalue weighted by Crippen LogP contribution is -2.30. The highest BCUT2D eigenvalue weighted by atomic mass is 127. The molecule has 28 heavy (non-hydrogen) atoms. The van der Waals surface area contributed by atoms with Gasteiger partial charge in [0.05, 0.1) is 10.5 Å². The van der Waals surface area contributed by atoms with Crippen LogP contribution in [-0.2, 0) is 4.75 Å². The molecule has 146 valence electrons. The number of rotatable bonds is 6. The summed E-state index contributed by atoms with van der Waals surface area (Å²) in [6.45, 7) is 0. The van der Waals surface area contributed by atoms with Crippen molar-refractivity contribution >= 4 is 41.6 Å². The molecule has 0 aliphatic heterocycles. The minimum atomic E-state index is -0.296. The van der Waals surface area contributed by atoms with Crippen molar-refractivity contribution in [3.63, 3.8) is 0 Å². The Morgan fingerprint density at radius 1 is 0.750 bits per heavy atom. The molecule has 0 aliphatic carbocycles. The highest BCUT2D eigenvalue weighted by Crippen LogP contribution is 2.48. The summed E-state index contributed by atoms with van der Waals surface area (Å²) < 4.78 is -0.296. The third-order valence-electron chi connectivity index (χ3n) is 4.73.